The second-order valence-electron chi connectivity index (χ2n) is 7.55. The van der Waals surface area contributed by atoms with Crippen molar-refractivity contribution in [1.82, 2.24) is 14.9 Å². The number of nitrogens with zero attached hydrogens (tertiary/aromatic N) is 2. The largest absolute Gasteiger partial charge is 0.493 e. The van der Waals surface area contributed by atoms with Crippen molar-refractivity contribution in [2.75, 3.05) is 27.2 Å². The monoisotopic (exact) mass is 347 g/mol. The highest BCUT2D eigenvalue weighted by Crippen LogP contribution is 2.34. The van der Waals surface area contributed by atoms with Gasteiger partial charge >= 0.3 is 0 Å². The Morgan fingerprint density at radius 1 is 1.12 bits per heavy atom. The molecule has 0 radical (unpaired) electrons. The minimum atomic E-state index is 0.492. The number of rotatable bonds is 5. The second-order valence-corrected chi connectivity index (χ2v) is 7.55. The van der Waals surface area contributed by atoms with Gasteiger partial charge in [0.25, 0.3) is 0 Å². The molecule has 0 bridgehead atoms. The van der Waals surface area contributed by atoms with E-state index in [4.69, 9.17) is 4.74 Å². The number of aryl methyl sites for hydroxylation is 1. The molecule has 1 unspecified atom stereocenters. The molecule has 134 valence electrons. The Hall–Kier alpha value is -2.59. The first-order valence-corrected chi connectivity index (χ1v) is 9.09. The molecule has 0 saturated carbocycles. The third kappa shape index (κ3) is 3.01. The van der Waals surface area contributed by atoms with Gasteiger partial charge in [0.15, 0.2) is 0 Å². The molecule has 2 aromatic heterocycles. The van der Waals surface area contributed by atoms with Crippen LogP contribution in [-0.2, 0) is 0 Å². The molecule has 0 aliphatic carbocycles. The molecule has 0 aliphatic heterocycles. The molecule has 4 nitrogen and oxygen atoms in total. The number of aromatic nitrogens is 2. The third-order valence-electron chi connectivity index (χ3n) is 4.87. The normalized spacial score (nSPS) is 13.1. The van der Waals surface area contributed by atoms with E-state index in [-0.39, 0.29) is 0 Å². The lowest BCUT2D eigenvalue weighted by molar-refractivity contribution is 0.222. The fraction of sp³-hybridized carbons (Fsp3) is 0.318. The molecular weight excluding hydrogens is 322 g/mol. The number of aromatic amines is 1. The predicted molar refractivity (Wildman–Crippen MR) is 109 cm³/mol. The smallest absolute Gasteiger partial charge is 0.119 e. The van der Waals surface area contributed by atoms with Crippen molar-refractivity contribution >= 4 is 32.6 Å². The molecule has 2 heterocycles. The molecule has 0 fully saturated rings. The Kier molecular flexibility index (Phi) is 4.29. The average Bonchev–Trinajstić information content (AvgIpc) is 3.00. The van der Waals surface area contributed by atoms with E-state index < -0.39 is 0 Å². The lowest BCUT2D eigenvalue weighted by Crippen LogP contribution is -2.24. The van der Waals surface area contributed by atoms with Gasteiger partial charge in [-0.05, 0) is 61.6 Å². The van der Waals surface area contributed by atoms with Crippen molar-refractivity contribution in [2.24, 2.45) is 5.92 Å². The van der Waals surface area contributed by atoms with E-state index in [2.05, 4.69) is 73.1 Å². The van der Waals surface area contributed by atoms with E-state index in [0.29, 0.717) is 5.92 Å². The Labute approximate surface area is 153 Å². The summed E-state index contributed by atoms with van der Waals surface area (Å²) in [6.07, 6.45) is 3.86. The molecule has 0 spiro atoms. The van der Waals surface area contributed by atoms with Crippen molar-refractivity contribution in [3.05, 3.63) is 48.3 Å². The van der Waals surface area contributed by atoms with E-state index in [1.54, 1.807) is 0 Å². The first kappa shape index (κ1) is 16.9. The van der Waals surface area contributed by atoms with Crippen LogP contribution in [0.1, 0.15) is 12.5 Å². The number of hydrogen-bond donors (Lipinski definition) is 1. The van der Waals surface area contributed by atoms with Gasteiger partial charge in [0.05, 0.1) is 12.1 Å². The van der Waals surface area contributed by atoms with E-state index in [1.807, 2.05) is 12.4 Å². The van der Waals surface area contributed by atoms with Crippen LogP contribution in [0.25, 0.3) is 32.6 Å². The van der Waals surface area contributed by atoms with Crippen molar-refractivity contribution in [2.45, 2.75) is 13.8 Å². The number of hydrogen-bond acceptors (Lipinski definition) is 3. The van der Waals surface area contributed by atoms with Crippen molar-refractivity contribution in [1.29, 1.82) is 0 Å². The van der Waals surface area contributed by atoms with Gasteiger partial charge in [-0.1, -0.05) is 13.0 Å². The van der Waals surface area contributed by atoms with Crippen LogP contribution in [0, 0.1) is 12.8 Å². The van der Waals surface area contributed by atoms with Gasteiger partial charge in [0, 0.05) is 41.1 Å². The molecule has 0 aliphatic rings. The van der Waals surface area contributed by atoms with Gasteiger partial charge < -0.3 is 14.6 Å². The van der Waals surface area contributed by atoms with Crippen LogP contribution in [0.15, 0.2) is 42.7 Å². The van der Waals surface area contributed by atoms with Gasteiger partial charge in [0.1, 0.15) is 5.75 Å². The number of H-pyrrole nitrogens is 1. The summed E-state index contributed by atoms with van der Waals surface area (Å²) in [5.41, 5.74) is 3.49. The summed E-state index contributed by atoms with van der Waals surface area (Å²) in [5.74, 6) is 1.42. The fourth-order valence-electron chi connectivity index (χ4n) is 3.76. The number of nitrogens with one attached hydrogen (secondary N) is 1. The molecule has 26 heavy (non-hydrogen) atoms. The van der Waals surface area contributed by atoms with Gasteiger partial charge in [0.2, 0.25) is 0 Å². The number of pyridine rings is 1. The highest BCUT2D eigenvalue weighted by molar-refractivity contribution is 6.20. The molecule has 1 N–H and O–H groups in total. The van der Waals surface area contributed by atoms with Gasteiger partial charge in [-0.15, -0.1) is 0 Å². The second kappa shape index (κ2) is 6.61. The molecule has 0 saturated heterocycles. The average molecular weight is 347 g/mol. The minimum Gasteiger partial charge on any atom is -0.493 e. The van der Waals surface area contributed by atoms with Crippen LogP contribution < -0.4 is 4.74 Å². The van der Waals surface area contributed by atoms with Crippen molar-refractivity contribution < 1.29 is 4.74 Å². The molecule has 4 aromatic rings. The summed E-state index contributed by atoms with van der Waals surface area (Å²) in [7, 11) is 4.19. The minimum absolute atomic E-state index is 0.492. The first-order valence-electron chi connectivity index (χ1n) is 9.09. The quantitative estimate of drug-likeness (QED) is 0.566. The number of benzene rings is 2. The van der Waals surface area contributed by atoms with E-state index in [1.165, 1.54) is 32.6 Å². The zero-order valence-electron chi connectivity index (χ0n) is 15.8. The maximum atomic E-state index is 6.03. The van der Waals surface area contributed by atoms with Crippen LogP contribution in [0.3, 0.4) is 0 Å². The highest BCUT2D eigenvalue weighted by atomic mass is 16.5. The Morgan fingerprint density at radius 3 is 2.77 bits per heavy atom. The third-order valence-corrected chi connectivity index (χ3v) is 4.87. The molecule has 2 aromatic carbocycles. The van der Waals surface area contributed by atoms with Crippen LogP contribution in [0.5, 0.6) is 5.75 Å². The van der Waals surface area contributed by atoms with Gasteiger partial charge in [-0.25, -0.2) is 0 Å². The molecule has 0 amide bonds. The SMILES string of the molecule is Cc1cncc2c1[nH]c1ccc3cc(OCC(C)CN(C)C)ccc3c12. The topological polar surface area (TPSA) is 41.1 Å². The molecule has 1 atom stereocenters. The lowest BCUT2D eigenvalue weighted by atomic mass is 10.0. The summed E-state index contributed by atoms with van der Waals surface area (Å²) < 4.78 is 6.03. The maximum absolute atomic E-state index is 6.03. The summed E-state index contributed by atoms with van der Waals surface area (Å²) in [6, 6.07) is 10.7. The Bertz CT molecular complexity index is 1080. The van der Waals surface area contributed by atoms with E-state index in [9.17, 15) is 0 Å². The fourth-order valence-corrected chi connectivity index (χ4v) is 3.76. The van der Waals surface area contributed by atoms with Crippen LogP contribution in [0.4, 0.5) is 0 Å². The van der Waals surface area contributed by atoms with E-state index >= 15 is 0 Å². The summed E-state index contributed by atoms with van der Waals surface area (Å²) in [5, 5.41) is 4.84. The van der Waals surface area contributed by atoms with Crippen LogP contribution in [-0.4, -0.2) is 42.1 Å². The predicted octanol–water partition coefficient (Wildman–Crippen LogP) is 4.75. The Morgan fingerprint density at radius 2 is 1.96 bits per heavy atom. The summed E-state index contributed by atoms with van der Waals surface area (Å²) >= 11 is 0. The highest BCUT2D eigenvalue weighted by Gasteiger charge is 2.11. The molecular formula is C22H25N3O. The Balaban J connectivity index is 1.72. The van der Waals surface area contributed by atoms with Crippen LogP contribution in [0.2, 0.25) is 0 Å². The van der Waals surface area contributed by atoms with Gasteiger partial charge in [-0.2, -0.15) is 0 Å². The molecule has 4 rings (SSSR count). The maximum Gasteiger partial charge on any atom is 0.119 e. The summed E-state index contributed by atoms with van der Waals surface area (Å²) in [4.78, 5) is 10.1. The molecule has 4 heteroatoms. The zero-order valence-corrected chi connectivity index (χ0v) is 15.8. The van der Waals surface area contributed by atoms with Crippen LogP contribution >= 0.6 is 0 Å². The number of ether oxygens (including phenoxy) is 1. The van der Waals surface area contributed by atoms with Crippen molar-refractivity contribution in [3.63, 3.8) is 0 Å². The summed E-state index contributed by atoms with van der Waals surface area (Å²) in [6.45, 7) is 6.05. The zero-order chi connectivity index (χ0) is 18.3. The van der Waals surface area contributed by atoms with Gasteiger partial charge in [-0.3, -0.25) is 4.98 Å². The standard InChI is InChI=1S/C22H25N3O/c1-14(12-25(3)4)13-26-17-6-7-18-16(9-17)5-8-20-21(18)19-11-23-10-15(2)22(19)24-20/h5-11,14,24H,12-13H2,1-4H3. The lowest BCUT2D eigenvalue weighted by Gasteiger charge is -2.17. The first-order chi connectivity index (χ1) is 12.5. The van der Waals surface area contributed by atoms with E-state index in [0.717, 1.165) is 24.4 Å². The van der Waals surface area contributed by atoms with Crippen molar-refractivity contribution in [3.8, 4) is 5.75 Å². The number of fused-ring (bicyclic) bond motifs is 5.